The van der Waals surface area contributed by atoms with Crippen LogP contribution < -0.4 is 5.32 Å². The highest BCUT2D eigenvalue weighted by molar-refractivity contribution is 5.98. The van der Waals surface area contributed by atoms with Crippen molar-refractivity contribution in [1.82, 2.24) is 10.2 Å². The van der Waals surface area contributed by atoms with Gasteiger partial charge in [-0.2, -0.15) is 0 Å². The third kappa shape index (κ3) is 3.64. The average molecular weight is 371 g/mol. The van der Waals surface area contributed by atoms with Gasteiger partial charge in [-0.3, -0.25) is 19.7 Å². The maximum absolute atomic E-state index is 14.1. The number of rotatable bonds is 4. The first-order valence-electron chi connectivity index (χ1n) is 8.54. The highest BCUT2D eigenvalue weighted by atomic mass is 19.1. The van der Waals surface area contributed by atoms with Crippen LogP contribution in [-0.4, -0.2) is 34.7 Å². The Morgan fingerprint density at radius 3 is 2.74 bits per heavy atom. The SMILES string of the molecule is CCNC(=O)c1ccc2c(c1)CCN(C(=O)c1c(F)cccc1[N+](=O)[O-])C2. The van der Waals surface area contributed by atoms with Crippen molar-refractivity contribution in [3.63, 3.8) is 0 Å². The van der Waals surface area contributed by atoms with E-state index in [0.717, 1.165) is 23.3 Å². The highest BCUT2D eigenvalue weighted by Crippen LogP contribution is 2.27. The zero-order valence-electron chi connectivity index (χ0n) is 14.7. The van der Waals surface area contributed by atoms with E-state index >= 15 is 0 Å². The maximum Gasteiger partial charge on any atom is 0.285 e. The van der Waals surface area contributed by atoms with E-state index in [0.29, 0.717) is 18.5 Å². The predicted molar refractivity (Wildman–Crippen MR) is 95.9 cm³/mol. The molecule has 0 saturated heterocycles. The molecule has 2 aromatic rings. The summed E-state index contributed by atoms with van der Waals surface area (Å²) in [4.78, 5) is 36.5. The van der Waals surface area contributed by atoms with Crippen molar-refractivity contribution in [2.45, 2.75) is 19.9 Å². The van der Waals surface area contributed by atoms with E-state index in [9.17, 15) is 24.1 Å². The summed E-state index contributed by atoms with van der Waals surface area (Å²) in [6, 6.07) is 8.58. The lowest BCUT2D eigenvalue weighted by Crippen LogP contribution is -2.37. The molecular formula is C19H18FN3O4. The van der Waals surface area contributed by atoms with Gasteiger partial charge in [-0.15, -0.1) is 0 Å². The van der Waals surface area contributed by atoms with Gasteiger partial charge in [-0.25, -0.2) is 4.39 Å². The van der Waals surface area contributed by atoms with Gasteiger partial charge < -0.3 is 10.2 Å². The van der Waals surface area contributed by atoms with Crippen LogP contribution >= 0.6 is 0 Å². The molecule has 0 radical (unpaired) electrons. The zero-order valence-corrected chi connectivity index (χ0v) is 14.7. The van der Waals surface area contributed by atoms with Crippen molar-refractivity contribution >= 4 is 17.5 Å². The summed E-state index contributed by atoms with van der Waals surface area (Å²) in [6.45, 7) is 2.85. The van der Waals surface area contributed by atoms with Crippen LogP contribution in [-0.2, 0) is 13.0 Å². The Morgan fingerprint density at radius 1 is 1.26 bits per heavy atom. The number of halogens is 1. The number of nitrogens with zero attached hydrogens (tertiary/aromatic N) is 2. The van der Waals surface area contributed by atoms with E-state index in [2.05, 4.69) is 5.32 Å². The first-order chi connectivity index (χ1) is 12.9. The average Bonchev–Trinajstić information content (AvgIpc) is 2.66. The number of carbonyl (C=O) groups excluding carboxylic acids is 2. The molecule has 1 heterocycles. The van der Waals surface area contributed by atoms with Crippen molar-refractivity contribution in [3.05, 3.63) is 74.6 Å². The van der Waals surface area contributed by atoms with Gasteiger partial charge in [0.25, 0.3) is 17.5 Å². The summed E-state index contributed by atoms with van der Waals surface area (Å²) in [5.74, 6) is -1.79. The van der Waals surface area contributed by atoms with Crippen molar-refractivity contribution < 1.29 is 18.9 Å². The van der Waals surface area contributed by atoms with E-state index in [1.54, 1.807) is 18.2 Å². The van der Waals surface area contributed by atoms with Crippen LogP contribution in [0.4, 0.5) is 10.1 Å². The molecule has 8 heteroatoms. The number of hydrogen-bond donors (Lipinski definition) is 1. The monoisotopic (exact) mass is 371 g/mol. The first kappa shape index (κ1) is 18.5. The second-order valence-electron chi connectivity index (χ2n) is 6.21. The topological polar surface area (TPSA) is 92.6 Å². The van der Waals surface area contributed by atoms with Crippen molar-refractivity contribution in [2.24, 2.45) is 0 Å². The van der Waals surface area contributed by atoms with Gasteiger partial charge in [0, 0.05) is 31.3 Å². The fraction of sp³-hybridized carbons (Fsp3) is 0.263. The molecule has 7 nitrogen and oxygen atoms in total. The second-order valence-corrected chi connectivity index (χ2v) is 6.21. The molecule has 0 bridgehead atoms. The summed E-state index contributed by atoms with van der Waals surface area (Å²) in [5.41, 5.74) is 1.25. The minimum Gasteiger partial charge on any atom is -0.352 e. The smallest absolute Gasteiger partial charge is 0.285 e. The number of nitro groups is 1. The fourth-order valence-corrected chi connectivity index (χ4v) is 3.16. The quantitative estimate of drug-likeness (QED) is 0.661. The predicted octanol–water partition coefficient (Wildman–Crippen LogP) is 2.68. The molecule has 0 spiro atoms. The number of amides is 2. The summed E-state index contributed by atoms with van der Waals surface area (Å²) < 4.78 is 14.1. The van der Waals surface area contributed by atoms with Gasteiger partial charge in [0.15, 0.2) is 5.56 Å². The van der Waals surface area contributed by atoms with Gasteiger partial charge in [0.1, 0.15) is 5.82 Å². The van der Waals surface area contributed by atoms with Gasteiger partial charge >= 0.3 is 0 Å². The standard InChI is InChI=1S/C19H18FN3O4/c1-2-21-18(24)13-6-7-14-11-22(9-8-12(14)10-13)19(25)17-15(20)4-3-5-16(17)23(26)27/h3-7,10H,2,8-9,11H2,1H3,(H,21,24). The highest BCUT2D eigenvalue weighted by Gasteiger charge is 2.30. The number of fused-ring (bicyclic) bond motifs is 1. The molecule has 1 aliphatic heterocycles. The molecule has 3 rings (SSSR count). The molecular weight excluding hydrogens is 353 g/mol. The molecule has 1 aliphatic rings. The second kappa shape index (κ2) is 7.53. The Morgan fingerprint density at radius 2 is 2.04 bits per heavy atom. The lowest BCUT2D eigenvalue weighted by Gasteiger charge is -2.29. The van der Waals surface area contributed by atoms with Crippen molar-refractivity contribution in [3.8, 4) is 0 Å². The minimum atomic E-state index is -0.911. The molecule has 140 valence electrons. The van der Waals surface area contributed by atoms with Crippen LogP contribution in [0.15, 0.2) is 36.4 Å². The van der Waals surface area contributed by atoms with E-state index in [1.807, 2.05) is 6.92 Å². The first-order valence-corrected chi connectivity index (χ1v) is 8.54. The van der Waals surface area contributed by atoms with E-state index in [1.165, 1.54) is 11.0 Å². The molecule has 2 aromatic carbocycles. The van der Waals surface area contributed by atoms with Crippen LogP contribution in [0.2, 0.25) is 0 Å². The zero-order chi connectivity index (χ0) is 19.6. The van der Waals surface area contributed by atoms with E-state index < -0.39 is 27.9 Å². The number of nitrogens with one attached hydrogen (secondary N) is 1. The van der Waals surface area contributed by atoms with Crippen molar-refractivity contribution in [1.29, 1.82) is 0 Å². The van der Waals surface area contributed by atoms with E-state index in [-0.39, 0.29) is 19.0 Å². The summed E-state index contributed by atoms with van der Waals surface area (Å²) in [5, 5.41) is 13.9. The molecule has 0 atom stereocenters. The summed E-state index contributed by atoms with van der Waals surface area (Å²) >= 11 is 0. The molecule has 1 N–H and O–H groups in total. The minimum absolute atomic E-state index is 0.166. The molecule has 0 fully saturated rings. The van der Waals surface area contributed by atoms with E-state index in [4.69, 9.17) is 0 Å². The Hall–Kier alpha value is -3.29. The Balaban J connectivity index is 1.86. The van der Waals surface area contributed by atoms with Gasteiger partial charge in [-0.05, 0) is 42.7 Å². The largest absolute Gasteiger partial charge is 0.352 e. The number of hydrogen-bond acceptors (Lipinski definition) is 4. The van der Waals surface area contributed by atoms with Crippen LogP contribution in [0.3, 0.4) is 0 Å². The van der Waals surface area contributed by atoms with Gasteiger partial charge in [0.05, 0.1) is 4.92 Å². The van der Waals surface area contributed by atoms with Gasteiger partial charge in [-0.1, -0.05) is 12.1 Å². The third-order valence-electron chi connectivity index (χ3n) is 4.51. The van der Waals surface area contributed by atoms with Gasteiger partial charge in [0.2, 0.25) is 0 Å². The molecule has 0 unspecified atom stereocenters. The molecule has 0 aromatic heterocycles. The maximum atomic E-state index is 14.1. The molecule has 0 saturated carbocycles. The van der Waals surface area contributed by atoms with Crippen LogP contribution in [0.25, 0.3) is 0 Å². The fourth-order valence-electron chi connectivity index (χ4n) is 3.16. The third-order valence-corrected chi connectivity index (χ3v) is 4.51. The molecule has 2 amide bonds. The normalized spacial score (nSPS) is 13.0. The van der Waals surface area contributed by atoms with Crippen LogP contribution in [0, 0.1) is 15.9 Å². The lowest BCUT2D eigenvalue weighted by molar-refractivity contribution is -0.385. The number of benzene rings is 2. The van der Waals surface area contributed by atoms with Crippen LogP contribution in [0.5, 0.6) is 0 Å². The molecule has 27 heavy (non-hydrogen) atoms. The Bertz CT molecular complexity index is 929. The number of nitro benzene ring substituents is 1. The molecule has 0 aliphatic carbocycles. The summed E-state index contributed by atoms with van der Waals surface area (Å²) in [7, 11) is 0. The summed E-state index contributed by atoms with van der Waals surface area (Å²) in [6.07, 6.45) is 0.483. The lowest BCUT2D eigenvalue weighted by atomic mass is 9.96. The Kier molecular flexibility index (Phi) is 5.16. The number of carbonyl (C=O) groups is 2. The van der Waals surface area contributed by atoms with Crippen molar-refractivity contribution in [2.75, 3.05) is 13.1 Å². The Labute approximate surface area is 154 Å². The van der Waals surface area contributed by atoms with Crippen LogP contribution in [0.1, 0.15) is 38.8 Å².